The molecule has 2 fully saturated rings. The molecule has 3 aliphatic rings. The Kier molecular flexibility index (Phi) is 3.64. The van der Waals surface area contributed by atoms with Crippen LogP contribution in [0.2, 0.25) is 0 Å². The van der Waals surface area contributed by atoms with E-state index in [1.165, 1.54) is 43.2 Å². The Hall–Kier alpha value is -2.20. The molecule has 1 saturated heterocycles. The quantitative estimate of drug-likeness (QED) is 0.613. The highest BCUT2D eigenvalue weighted by Gasteiger charge is 2.51. The number of nitrogens with one attached hydrogen (secondary N) is 2. The standard InChI is InChI=1S/C22H26N2O2/c25-16-5-3-4-15(12-16)24-20-11-14-10-19-17-6-1-2-7-22(17,8-9-23-19)18(14)13-21(20)26/h3-5,11-13,17,19,23-26H,1-2,6-10H2/t17-,19+,22+/m1/s1. The van der Waals surface area contributed by atoms with E-state index in [9.17, 15) is 10.2 Å². The molecule has 3 atom stereocenters. The number of aromatic hydroxyl groups is 2. The molecule has 0 radical (unpaired) electrons. The van der Waals surface area contributed by atoms with E-state index in [2.05, 4.69) is 16.7 Å². The molecule has 1 heterocycles. The van der Waals surface area contributed by atoms with E-state index >= 15 is 0 Å². The zero-order valence-corrected chi connectivity index (χ0v) is 15.0. The van der Waals surface area contributed by atoms with Crippen molar-refractivity contribution in [3.8, 4) is 11.5 Å². The van der Waals surface area contributed by atoms with Gasteiger partial charge in [0.25, 0.3) is 0 Å². The Labute approximate surface area is 154 Å². The van der Waals surface area contributed by atoms with E-state index < -0.39 is 0 Å². The highest BCUT2D eigenvalue weighted by Crippen LogP contribution is 2.55. The maximum Gasteiger partial charge on any atom is 0.139 e. The highest BCUT2D eigenvalue weighted by molar-refractivity contribution is 5.69. The summed E-state index contributed by atoms with van der Waals surface area (Å²) >= 11 is 0. The second-order valence-electron chi connectivity index (χ2n) is 8.22. The first-order valence-electron chi connectivity index (χ1n) is 9.81. The fraction of sp³-hybridized carbons (Fsp3) is 0.455. The van der Waals surface area contributed by atoms with Crippen molar-refractivity contribution in [2.75, 3.05) is 11.9 Å². The molecule has 0 aromatic heterocycles. The van der Waals surface area contributed by atoms with Gasteiger partial charge in [-0.25, -0.2) is 0 Å². The number of anilines is 2. The average Bonchev–Trinajstić information content (AvgIpc) is 2.63. The number of benzene rings is 2. The van der Waals surface area contributed by atoms with Gasteiger partial charge in [0.1, 0.15) is 11.5 Å². The van der Waals surface area contributed by atoms with E-state index in [1.807, 2.05) is 12.1 Å². The van der Waals surface area contributed by atoms with Crippen molar-refractivity contribution in [2.45, 2.75) is 50.0 Å². The van der Waals surface area contributed by atoms with Gasteiger partial charge in [0.2, 0.25) is 0 Å². The van der Waals surface area contributed by atoms with Crippen LogP contribution in [0.15, 0.2) is 36.4 Å². The topological polar surface area (TPSA) is 64.5 Å². The van der Waals surface area contributed by atoms with Crippen molar-refractivity contribution < 1.29 is 10.2 Å². The van der Waals surface area contributed by atoms with Gasteiger partial charge >= 0.3 is 0 Å². The molecule has 1 aliphatic heterocycles. The Bertz CT molecular complexity index is 846. The molecule has 2 aromatic rings. The number of piperidine rings is 1. The van der Waals surface area contributed by atoms with Gasteiger partial charge in [-0.1, -0.05) is 18.9 Å². The molecule has 4 N–H and O–H groups in total. The molecule has 136 valence electrons. The predicted molar refractivity (Wildman–Crippen MR) is 103 cm³/mol. The molecule has 2 aliphatic carbocycles. The van der Waals surface area contributed by atoms with Gasteiger partial charge in [0.15, 0.2) is 0 Å². The summed E-state index contributed by atoms with van der Waals surface area (Å²) in [6, 6.07) is 11.7. The van der Waals surface area contributed by atoms with Crippen LogP contribution in [0.1, 0.15) is 43.2 Å². The second kappa shape index (κ2) is 5.92. The van der Waals surface area contributed by atoms with E-state index in [0.717, 1.165) is 24.3 Å². The fourth-order valence-corrected chi connectivity index (χ4v) is 5.81. The van der Waals surface area contributed by atoms with Crippen molar-refractivity contribution in [1.29, 1.82) is 0 Å². The lowest BCUT2D eigenvalue weighted by molar-refractivity contribution is 0.0796. The van der Waals surface area contributed by atoms with Crippen molar-refractivity contribution in [2.24, 2.45) is 5.92 Å². The summed E-state index contributed by atoms with van der Waals surface area (Å²) in [5.41, 5.74) is 4.50. The molecule has 2 bridgehead atoms. The Balaban J connectivity index is 1.56. The molecule has 4 heteroatoms. The van der Waals surface area contributed by atoms with Crippen LogP contribution in [0.25, 0.3) is 0 Å². The van der Waals surface area contributed by atoms with Gasteiger partial charge in [0.05, 0.1) is 5.69 Å². The lowest BCUT2D eigenvalue weighted by Crippen LogP contribution is -2.59. The number of phenols is 2. The van der Waals surface area contributed by atoms with Crippen molar-refractivity contribution in [1.82, 2.24) is 5.32 Å². The maximum atomic E-state index is 10.7. The smallest absolute Gasteiger partial charge is 0.139 e. The Morgan fingerprint density at radius 1 is 1.08 bits per heavy atom. The van der Waals surface area contributed by atoms with Gasteiger partial charge in [0, 0.05) is 23.2 Å². The zero-order chi connectivity index (χ0) is 17.7. The molecule has 0 spiro atoms. The number of rotatable bonds is 2. The molecular weight excluding hydrogens is 324 g/mol. The van der Waals surface area contributed by atoms with E-state index in [1.54, 1.807) is 18.2 Å². The Morgan fingerprint density at radius 3 is 2.88 bits per heavy atom. The normalized spacial score (nSPS) is 29.5. The van der Waals surface area contributed by atoms with Crippen molar-refractivity contribution >= 4 is 11.4 Å². The molecule has 5 rings (SSSR count). The second-order valence-corrected chi connectivity index (χ2v) is 8.22. The summed E-state index contributed by atoms with van der Waals surface area (Å²) in [7, 11) is 0. The Morgan fingerprint density at radius 2 is 2.00 bits per heavy atom. The van der Waals surface area contributed by atoms with Gasteiger partial charge in [-0.2, -0.15) is 0 Å². The average molecular weight is 350 g/mol. The molecule has 1 saturated carbocycles. The fourth-order valence-electron chi connectivity index (χ4n) is 5.81. The third kappa shape index (κ3) is 2.39. The van der Waals surface area contributed by atoms with Crippen LogP contribution in [-0.2, 0) is 11.8 Å². The third-order valence-corrected chi connectivity index (χ3v) is 6.88. The summed E-state index contributed by atoms with van der Waals surface area (Å²) in [6.07, 6.45) is 7.41. The monoisotopic (exact) mass is 350 g/mol. The molecule has 4 nitrogen and oxygen atoms in total. The van der Waals surface area contributed by atoms with Crippen molar-refractivity contribution in [3.05, 3.63) is 47.5 Å². The zero-order valence-electron chi connectivity index (χ0n) is 15.0. The number of phenolic OH excluding ortho intramolecular Hbond substituents is 2. The molecule has 2 aromatic carbocycles. The first kappa shape index (κ1) is 16.0. The third-order valence-electron chi connectivity index (χ3n) is 6.88. The number of fused-ring (bicyclic) bond motifs is 1. The first-order valence-corrected chi connectivity index (χ1v) is 9.81. The summed E-state index contributed by atoms with van der Waals surface area (Å²) in [6.45, 7) is 1.09. The van der Waals surface area contributed by atoms with Crippen LogP contribution in [0.4, 0.5) is 11.4 Å². The molecule has 0 unspecified atom stereocenters. The maximum absolute atomic E-state index is 10.7. The van der Waals surface area contributed by atoms with Crippen LogP contribution >= 0.6 is 0 Å². The number of hydrogen-bond acceptors (Lipinski definition) is 4. The van der Waals surface area contributed by atoms with Crippen LogP contribution in [0, 0.1) is 5.92 Å². The highest BCUT2D eigenvalue weighted by atomic mass is 16.3. The van der Waals surface area contributed by atoms with Gasteiger partial charge < -0.3 is 20.8 Å². The summed E-state index contributed by atoms with van der Waals surface area (Å²) in [5, 5.41) is 27.4. The molecular formula is C22H26N2O2. The molecule has 0 amide bonds. The van der Waals surface area contributed by atoms with Crippen LogP contribution in [-0.4, -0.2) is 22.8 Å². The summed E-state index contributed by atoms with van der Waals surface area (Å²) in [5.74, 6) is 1.24. The van der Waals surface area contributed by atoms with Gasteiger partial charge in [-0.3, -0.25) is 0 Å². The van der Waals surface area contributed by atoms with Crippen molar-refractivity contribution in [3.63, 3.8) is 0 Å². The van der Waals surface area contributed by atoms with Gasteiger partial charge in [-0.05, 0) is 73.5 Å². The lowest BCUT2D eigenvalue weighted by atomic mass is 9.53. The first-order chi connectivity index (χ1) is 12.7. The van der Waals surface area contributed by atoms with E-state index in [0.29, 0.717) is 17.7 Å². The predicted octanol–water partition coefficient (Wildman–Crippen LogP) is 4.19. The molecule has 26 heavy (non-hydrogen) atoms. The minimum Gasteiger partial charge on any atom is -0.508 e. The van der Waals surface area contributed by atoms with Crippen LogP contribution in [0.5, 0.6) is 11.5 Å². The van der Waals surface area contributed by atoms with Crippen LogP contribution < -0.4 is 10.6 Å². The SMILES string of the molecule is Oc1cccc(Nc2cc3c(cc2O)[C@]24CCCC[C@@H]2[C@H](C3)NCC4)c1. The number of hydrogen-bond donors (Lipinski definition) is 4. The lowest BCUT2D eigenvalue weighted by Gasteiger charge is -2.56. The van der Waals surface area contributed by atoms with Gasteiger partial charge in [-0.15, -0.1) is 0 Å². The summed E-state index contributed by atoms with van der Waals surface area (Å²) < 4.78 is 0. The minimum absolute atomic E-state index is 0.218. The minimum atomic E-state index is 0.218. The van der Waals surface area contributed by atoms with Crippen LogP contribution in [0.3, 0.4) is 0 Å². The largest absolute Gasteiger partial charge is 0.508 e. The van der Waals surface area contributed by atoms with E-state index in [-0.39, 0.29) is 11.2 Å². The summed E-state index contributed by atoms with van der Waals surface area (Å²) in [4.78, 5) is 0. The van der Waals surface area contributed by atoms with E-state index in [4.69, 9.17) is 0 Å².